The van der Waals surface area contributed by atoms with Crippen molar-refractivity contribution in [3.05, 3.63) is 54.1 Å². The van der Waals surface area contributed by atoms with Crippen molar-refractivity contribution in [2.75, 3.05) is 27.4 Å². The van der Waals surface area contributed by atoms with Crippen molar-refractivity contribution in [3.8, 4) is 17.2 Å². The quantitative estimate of drug-likeness (QED) is 0.636. The standard InChI is InChI=1S/C20H26N2O4/c1-24-16-12-17(25-2)14-18(13-16)26-10-6-9-22-20(23)19(21)11-15-7-4-3-5-8-15/h3-5,7-8,12-14,19H,6,9-11,21H2,1-2H3,(H,22,23)/t19-/m0/s1. The molecule has 0 spiro atoms. The van der Waals surface area contributed by atoms with Crippen LogP contribution in [0.15, 0.2) is 48.5 Å². The Balaban J connectivity index is 1.69. The highest BCUT2D eigenvalue weighted by molar-refractivity contribution is 5.81. The van der Waals surface area contributed by atoms with Crippen molar-refractivity contribution in [2.45, 2.75) is 18.9 Å². The Hall–Kier alpha value is -2.73. The number of rotatable bonds is 10. The summed E-state index contributed by atoms with van der Waals surface area (Å²) in [6.45, 7) is 0.965. The molecule has 0 bridgehead atoms. The van der Waals surface area contributed by atoms with Gasteiger partial charge in [-0.25, -0.2) is 0 Å². The third kappa shape index (κ3) is 6.29. The highest BCUT2D eigenvalue weighted by Gasteiger charge is 2.13. The maximum absolute atomic E-state index is 12.0. The lowest BCUT2D eigenvalue weighted by Gasteiger charge is -2.13. The van der Waals surface area contributed by atoms with Gasteiger partial charge in [-0.05, 0) is 18.4 Å². The van der Waals surface area contributed by atoms with E-state index < -0.39 is 6.04 Å². The summed E-state index contributed by atoms with van der Waals surface area (Å²) < 4.78 is 16.1. The lowest BCUT2D eigenvalue weighted by atomic mass is 10.1. The first-order valence-electron chi connectivity index (χ1n) is 8.55. The molecular formula is C20H26N2O4. The highest BCUT2D eigenvalue weighted by atomic mass is 16.5. The second-order valence-electron chi connectivity index (χ2n) is 5.84. The number of methoxy groups -OCH3 is 2. The number of carbonyl (C=O) groups is 1. The normalized spacial score (nSPS) is 11.5. The summed E-state index contributed by atoms with van der Waals surface area (Å²) in [5.41, 5.74) is 6.99. The molecule has 1 amide bonds. The maximum atomic E-state index is 12.0. The largest absolute Gasteiger partial charge is 0.496 e. The number of benzene rings is 2. The molecule has 6 heteroatoms. The summed E-state index contributed by atoms with van der Waals surface area (Å²) >= 11 is 0. The van der Waals surface area contributed by atoms with E-state index in [0.717, 1.165) is 5.56 Å². The Bertz CT molecular complexity index is 669. The minimum absolute atomic E-state index is 0.156. The van der Waals surface area contributed by atoms with Gasteiger partial charge >= 0.3 is 0 Å². The van der Waals surface area contributed by atoms with Crippen molar-refractivity contribution >= 4 is 5.91 Å². The van der Waals surface area contributed by atoms with Crippen molar-refractivity contribution in [1.29, 1.82) is 0 Å². The number of ether oxygens (including phenoxy) is 3. The van der Waals surface area contributed by atoms with Crippen LogP contribution in [0.2, 0.25) is 0 Å². The Kier molecular flexibility index (Phi) is 7.76. The molecule has 2 aromatic rings. The van der Waals surface area contributed by atoms with E-state index in [1.165, 1.54) is 0 Å². The molecule has 0 aliphatic heterocycles. The average molecular weight is 358 g/mol. The molecule has 3 N–H and O–H groups in total. The van der Waals surface area contributed by atoms with Crippen LogP contribution in [0.3, 0.4) is 0 Å². The summed E-state index contributed by atoms with van der Waals surface area (Å²) in [6.07, 6.45) is 1.19. The second kappa shape index (κ2) is 10.3. The lowest BCUT2D eigenvalue weighted by Crippen LogP contribution is -2.42. The second-order valence-corrected chi connectivity index (χ2v) is 5.84. The van der Waals surface area contributed by atoms with E-state index in [-0.39, 0.29) is 5.91 Å². The summed E-state index contributed by atoms with van der Waals surface area (Å²) in [6, 6.07) is 14.5. The molecule has 0 aliphatic carbocycles. The smallest absolute Gasteiger partial charge is 0.237 e. The molecule has 2 rings (SSSR count). The molecule has 1 atom stereocenters. The number of hydrogen-bond acceptors (Lipinski definition) is 5. The van der Waals surface area contributed by atoms with E-state index in [1.807, 2.05) is 30.3 Å². The van der Waals surface area contributed by atoms with E-state index in [1.54, 1.807) is 32.4 Å². The molecule has 26 heavy (non-hydrogen) atoms. The molecule has 140 valence electrons. The van der Waals surface area contributed by atoms with Gasteiger partial charge in [-0.15, -0.1) is 0 Å². The molecule has 6 nitrogen and oxygen atoms in total. The monoisotopic (exact) mass is 358 g/mol. The van der Waals surface area contributed by atoms with Gasteiger partial charge in [-0.1, -0.05) is 30.3 Å². The van der Waals surface area contributed by atoms with E-state index in [0.29, 0.717) is 43.2 Å². The third-order valence-corrected chi connectivity index (χ3v) is 3.85. The van der Waals surface area contributed by atoms with Gasteiger partial charge in [0.15, 0.2) is 0 Å². The van der Waals surface area contributed by atoms with Crippen LogP contribution in [0.1, 0.15) is 12.0 Å². The van der Waals surface area contributed by atoms with Gasteiger partial charge < -0.3 is 25.3 Å². The molecule has 2 aromatic carbocycles. The van der Waals surface area contributed by atoms with Gasteiger partial charge in [0.05, 0.1) is 26.9 Å². The predicted molar refractivity (Wildman–Crippen MR) is 101 cm³/mol. The van der Waals surface area contributed by atoms with Gasteiger partial charge in [0.2, 0.25) is 5.91 Å². The third-order valence-electron chi connectivity index (χ3n) is 3.85. The summed E-state index contributed by atoms with van der Waals surface area (Å²) in [5, 5.41) is 2.84. The van der Waals surface area contributed by atoms with E-state index in [2.05, 4.69) is 5.32 Å². The average Bonchev–Trinajstić information content (AvgIpc) is 2.67. The van der Waals surface area contributed by atoms with Gasteiger partial charge in [-0.3, -0.25) is 4.79 Å². The van der Waals surface area contributed by atoms with Gasteiger partial charge in [0.25, 0.3) is 0 Å². The minimum Gasteiger partial charge on any atom is -0.496 e. The van der Waals surface area contributed by atoms with Gasteiger partial charge in [0.1, 0.15) is 17.2 Å². The number of hydrogen-bond donors (Lipinski definition) is 2. The van der Waals surface area contributed by atoms with Crippen molar-refractivity contribution < 1.29 is 19.0 Å². The summed E-state index contributed by atoms with van der Waals surface area (Å²) in [5.74, 6) is 1.84. The number of carbonyl (C=O) groups excluding carboxylic acids is 1. The fourth-order valence-electron chi connectivity index (χ4n) is 2.43. The molecule has 0 heterocycles. The molecular weight excluding hydrogens is 332 g/mol. The number of nitrogens with two attached hydrogens (primary N) is 1. The van der Waals surface area contributed by atoms with Crippen LogP contribution >= 0.6 is 0 Å². The van der Waals surface area contributed by atoms with E-state index in [4.69, 9.17) is 19.9 Å². The zero-order valence-electron chi connectivity index (χ0n) is 15.2. The van der Waals surface area contributed by atoms with Crippen LogP contribution in [0, 0.1) is 0 Å². The molecule has 0 saturated carbocycles. The van der Waals surface area contributed by atoms with E-state index in [9.17, 15) is 4.79 Å². The minimum atomic E-state index is -0.555. The predicted octanol–water partition coefficient (Wildman–Crippen LogP) is 2.16. The van der Waals surface area contributed by atoms with Crippen LogP contribution in [0.5, 0.6) is 17.2 Å². The first-order valence-corrected chi connectivity index (χ1v) is 8.55. The van der Waals surface area contributed by atoms with Crippen LogP contribution in [0.4, 0.5) is 0 Å². The first-order chi connectivity index (χ1) is 12.6. The van der Waals surface area contributed by atoms with Crippen LogP contribution in [-0.2, 0) is 11.2 Å². The van der Waals surface area contributed by atoms with E-state index >= 15 is 0 Å². The van der Waals surface area contributed by atoms with Crippen LogP contribution < -0.4 is 25.3 Å². The summed E-state index contributed by atoms with van der Waals surface area (Å²) in [4.78, 5) is 12.0. The molecule has 0 saturated heterocycles. The molecule has 0 unspecified atom stereocenters. The molecule has 0 radical (unpaired) electrons. The Morgan fingerprint density at radius 1 is 1.04 bits per heavy atom. The molecule has 0 aromatic heterocycles. The summed E-state index contributed by atoms with van der Waals surface area (Å²) in [7, 11) is 3.18. The van der Waals surface area contributed by atoms with Crippen molar-refractivity contribution in [1.82, 2.24) is 5.32 Å². The van der Waals surface area contributed by atoms with Crippen LogP contribution in [-0.4, -0.2) is 39.3 Å². The topological polar surface area (TPSA) is 82.8 Å². The zero-order valence-corrected chi connectivity index (χ0v) is 15.2. The molecule has 0 aliphatic rings. The fourth-order valence-corrected chi connectivity index (χ4v) is 2.43. The van der Waals surface area contributed by atoms with Crippen molar-refractivity contribution in [3.63, 3.8) is 0 Å². The van der Waals surface area contributed by atoms with Gasteiger partial charge in [-0.2, -0.15) is 0 Å². The highest BCUT2D eigenvalue weighted by Crippen LogP contribution is 2.27. The van der Waals surface area contributed by atoms with Crippen LogP contribution in [0.25, 0.3) is 0 Å². The lowest BCUT2D eigenvalue weighted by molar-refractivity contribution is -0.122. The number of amides is 1. The SMILES string of the molecule is COc1cc(OC)cc(OCCCNC(=O)[C@@H](N)Cc2ccccc2)c1. The Morgan fingerprint density at radius 2 is 1.65 bits per heavy atom. The molecule has 0 fully saturated rings. The first kappa shape index (κ1) is 19.6. The maximum Gasteiger partial charge on any atom is 0.237 e. The van der Waals surface area contributed by atoms with Gasteiger partial charge in [0, 0.05) is 24.7 Å². The van der Waals surface area contributed by atoms with Crippen molar-refractivity contribution in [2.24, 2.45) is 5.73 Å². The zero-order chi connectivity index (χ0) is 18.8. The number of nitrogens with one attached hydrogen (secondary N) is 1. The Morgan fingerprint density at radius 3 is 2.27 bits per heavy atom. The fraction of sp³-hybridized carbons (Fsp3) is 0.350. The Labute approximate surface area is 154 Å².